The predicted molar refractivity (Wildman–Crippen MR) is 125 cm³/mol. The predicted octanol–water partition coefficient (Wildman–Crippen LogP) is 4.80. The fourth-order valence-electron chi connectivity index (χ4n) is 4.00. The first-order chi connectivity index (χ1) is 16.0. The second-order valence-corrected chi connectivity index (χ2v) is 8.04. The van der Waals surface area contributed by atoms with Crippen LogP contribution in [0.15, 0.2) is 78.5 Å². The van der Waals surface area contributed by atoms with Crippen LogP contribution < -0.4 is 4.74 Å². The lowest BCUT2D eigenvalue weighted by atomic mass is 9.94. The van der Waals surface area contributed by atoms with Crippen LogP contribution in [0.25, 0.3) is 5.76 Å². The summed E-state index contributed by atoms with van der Waals surface area (Å²) < 4.78 is 5.68. The highest BCUT2D eigenvalue weighted by atomic mass is 16.5. The lowest BCUT2D eigenvalue weighted by Gasteiger charge is -2.25. The molecule has 1 N–H and O–H groups in total. The van der Waals surface area contributed by atoms with Gasteiger partial charge < -0.3 is 14.7 Å². The maximum atomic E-state index is 13.2. The highest BCUT2D eigenvalue weighted by Gasteiger charge is 2.46. The van der Waals surface area contributed by atoms with Crippen LogP contribution in [0.3, 0.4) is 0 Å². The lowest BCUT2D eigenvalue weighted by molar-refractivity contribution is -0.140. The monoisotopic (exact) mass is 442 g/mol. The van der Waals surface area contributed by atoms with Crippen molar-refractivity contribution in [1.82, 2.24) is 9.88 Å². The number of Topliss-reactive ketones (excluding diaryl/α,β-unsaturated/α-hetero) is 1. The largest absolute Gasteiger partial charge is 0.507 e. The van der Waals surface area contributed by atoms with Gasteiger partial charge in [0.2, 0.25) is 0 Å². The summed E-state index contributed by atoms with van der Waals surface area (Å²) in [4.78, 5) is 32.1. The molecule has 33 heavy (non-hydrogen) atoms. The second kappa shape index (κ2) is 9.69. The Bertz CT molecular complexity index is 1200. The molecule has 4 rings (SSSR count). The van der Waals surface area contributed by atoms with E-state index in [1.807, 2.05) is 44.2 Å². The van der Waals surface area contributed by atoms with E-state index in [1.165, 1.54) is 4.90 Å². The number of rotatable bonds is 7. The summed E-state index contributed by atoms with van der Waals surface area (Å²) in [5, 5.41) is 11.3. The molecule has 6 heteroatoms. The average Bonchev–Trinajstić information content (AvgIpc) is 3.08. The van der Waals surface area contributed by atoms with Gasteiger partial charge in [-0.2, -0.15) is 0 Å². The van der Waals surface area contributed by atoms with Crippen molar-refractivity contribution in [2.75, 3.05) is 6.61 Å². The Morgan fingerprint density at radius 3 is 2.61 bits per heavy atom. The number of aryl methyl sites for hydroxylation is 1. The third-order valence-corrected chi connectivity index (χ3v) is 5.54. The molecular weight excluding hydrogens is 416 g/mol. The molecule has 1 atom stereocenters. The number of benzene rings is 2. The smallest absolute Gasteiger partial charge is 0.296 e. The molecule has 6 nitrogen and oxygen atoms in total. The third kappa shape index (κ3) is 4.65. The molecule has 2 heterocycles. The van der Waals surface area contributed by atoms with Gasteiger partial charge in [-0.1, -0.05) is 55.0 Å². The van der Waals surface area contributed by atoms with E-state index in [2.05, 4.69) is 4.98 Å². The minimum absolute atomic E-state index is 0.0640. The first-order valence-corrected chi connectivity index (χ1v) is 11.0. The summed E-state index contributed by atoms with van der Waals surface area (Å²) in [5.74, 6) is -0.997. The molecule has 1 saturated heterocycles. The number of likely N-dealkylation sites (tertiary alicyclic amines) is 1. The van der Waals surface area contributed by atoms with Crippen molar-refractivity contribution < 1.29 is 19.4 Å². The number of carbonyl (C=O) groups is 2. The maximum Gasteiger partial charge on any atom is 0.296 e. The second-order valence-electron chi connectivity index (χ2n) is 8.04. The summed E-state index contributed by atoms with van der Waals surface area (Å²) in [6, 6.07) is 19.3. The van der Waals surface area contributed by atoms with Crippen LogP contribution in [0.4, 0.5) is 0 Å². The zero-order valence-corrected chi connectivity index (χ0v) is 18.7. The Morgan fingerprint density at radius 2 is 1.88 bits per heavy atom. The fraction of sp³-hybridized carbons (Fsp3) is 0.222. The van der Waals surface area contributed by atoms with Crippen LogP contribution in [0.2, 0.25) is 0 Å². The van der Waals surface area contributed by atoms with E-state index >= 15 is 0 Å². The van der Waals surface area contributed by atoms with E-state index in [-0.39, 0.29) is 17.9 Å². The maximum absolute atomic E-state index is 13.2. The minimum Gasteiger partial charge on any atom is -0.507 e. The third-order valence-electron chi connectivity index (χ3n) is 5.54. The van der Waals surface area contributed by atoms with Crippen LogP contribution in [0.5, 0.6) is 5.75 Å². The van der Waals surface area contributed by atoms with Gasteiger partial charge in [-0.05, 0) is 43.2 Å². The van der Waals surface area contributed by atoms with Gasteiger partial charge in [0.1, 0.15) is 11.5 Å². The Kier molecular flexibility index (Phi) is 6.54. The molecule has 1 aliphatic rings. The quantitative estimate of drug-likeness (QED) is 0.323. The molecule has 0 saturated carbocycles. The number of hydrogen-bond donors (Lipinski definition) is 1. The summed E-state index contributed by atoms with van der Waals surface area (Å²) in [6.07, 6.45) is 2.50. The molecule has 0 radical (unpaired) electrons. The zero-order valence-electron chi connectivity index (χ0n) is 18.7. The van der Waals surface area contributed by atoms with Gasteiger partial charge in [0.15, 0.2) is 0 Å². The van der Waals surface area contributed by atoms with Crippen molar-refractivity contribution >= 4 is 17.4 Å². The van der Waals surface area contributed by atoms with Gasteiger partial charge in [0.25, 0.3) is 11.7 Å². The van der Waals surface area contributed by atoms with E-state index in [0.717, 1.165) is 17.5 Å². The van der Waals surface area contributed by atoms with Gasteiger partial charge in [0.05, 0.1) is 30.5 Å². The highest BCUT2D eigenvalue weighted by molar-refractivity contribution is 6.46. The summed E-state index contributed by atoms with van der Waals surface area (Å²) in [5.41, 5.74) is 2.90. The van der Waals surface area contributed by atoms with Gasteiger partial charge in [-0.15, -0.1) is 0 Å². The summed E-state index contributed by atoms with van der Waals surface area (Å²) in [6.45, 7) is 4.65. The Labute approximate surface area is 193 Å². The molecule has 1 unspecified atom stereocenters. The van der Waals surface area contributed by atoms with Crippen molar-refractivity contribution in [3.63, 3.8) is 0 Å². The van der Waals surface area contributed by atoms with Crippen LogP contribution in [0.1, 0.15) is 41.8 Å². The SMILES string of the molecule is CCCOc1cccc(/C(O)=C2/C(=O)C(=O)N(Cc3ccccn3)C2c2cccc(C)c2)c1. The van der Waals surface area contributed by atoms with E-state index in [4.69, 9.17) is 4.74 Å². The molecule has 0 aliphatic carbocycles. The van der Waals surface area contributed by atoms with Crippen LogP contribution in [-0.4, -0.2) is 33.3 Å². The average molecular weight is 443 g/mol. The van der Waals surface area contributed by atoms with Gasteiger partial charge in [-0.3, -0.25) is 14.6 Å². The first-order valence-electron chi connectivity index (χ1n) is 11.0. The van der Waals surface area contributed by atoms with Gasteiger partial charge in [-0.25, -0.2) is 0 Å². The molecule has 168 valence electrons. The molecule has 1 amide bonds. The molecule has 1 fully saturated rings. The summed E-state index contributed by atoms with van der Waals surface area (Å²) >= 11 is 0. The van der Waals surface area contributed by atoms with Gasteiger partial charge >= 0.3 is 0 Å². The van der Waals surface area contributed by atoms with Crippen molar-refractivity contribution in [1.29, 1.82) is 0 Å². The van der Waals surface area contributed by atoms with Crippen LogP contribution >= 0.6 is 0 Å². The Hall–Kier alpha value is -3.93. The Balaban J connectivity index is 1.83. The number of nitrogens with zero attached hydrogens (tertiary/aromatic N) is 2. The standard InChI is InChI=1S/C27H26N2O4/c1-3-14-33-22-12-7-10-20(16-22)25(30)23-24(19-9-6-8-18(2)15-19)29(27(32)26(23)31)17-21-11-4-5-13-28-21/h4-13,15-16,24,30H,3,14,17H2,1-2H3/b25-23-. The molecular formula is C27H26N2O4. The van der Waals surface area contributed by atoms with E-state index in [0.29, 0.717) is 23.6 Å². The Morgan fingerprint density at radius 1 is 1.06 bits per heavy atom. The van der Waals surface area contributed by atoms with Gasteiger partial charge in [0, 0.05) is 11.8 Å². The summed E-state index contributed by atoms with van der Waals surface area (Å²) in [7, 11) is 0. The lowest BCUT2D eigenvalue weighted by Crippen LogP contribution is -2.29. The molecule has 3 aromatic rings. The molecule has 1 aromatic heterocycles. The number of aromatic nitrogens is 1. The van der Waals surface area contributed by atoms with E-state index in [9.17, 15) is 14.7 Å². The number of aliphatic hydroxyl groups excluding tert-OH is 1. The number of pyridine rings is 1. The number of ketones is 1. The highest BCUT2D eigenvalue weighted by Crippen LogP contribution is 2.40. The van der Waals surface area contributed by atoms with E-state index in [1.54, 1.807) is 42.6 Å². The van der Waals surface area contributed by atoms with Crippen molar-refractivity contribution in [2.24, 2.45) is 0 Å². The number of carbonyl (C=O) groups excluding carboxylic acids is 2. The fourth-order valence-corrected chi connectivity index (χ4v) is 4.00. The first kappa shape index (κ1) is 22.3. The molecule has 2 aromatic carbocycles. The van der Waals surface area contributed by atoms with Crippen molar-refractivity contribution in [2.45, 2.75) is 32.9 Å². The normalized spacial score (nSPS) is 17.4. The number of ether oxygens (including phenoxy) is 1. The van der Waals surface area contributed by atoms with Crippen LogP contribution in [-0.2, 0) is 16.1 Å². The zero-order chi connectivity index (χ0) is 23.4. The number of hydrogen-bond acceptors (Lipinski definition) is 5. The molecule has 0 bridgehead atoms. The molecule has 1 aliphatic heterocycles. The van der Waals surface area contributed by atoms with Crippen molar-refractivity contribution in [3.8, 4) is 5.75 Å². The minimum atomic E-state index is -0.730. The van der Waals surface area contributed by atoms with Crippen molar-refractivity contribution in [3.05, 3.63) is 101 Å². The number of amides is 1. The molecule has 0 spiro atoms. The van der Waals surface area contributed by atoms with E-state index < -0.39 is 17.7 Å². The van der Waals surface area contributed by atoms with Crippen LogP contribution in [0, 0.1) is 6.92 Å². The topological polar surface area (TPSA) is 79.7 Å². The number of aliphatic hydroxyl groups is 1.